The quantitative estimate of drug-likeness (QED) is 0.0563. The fourth-order valence-electron chi connectivity index (χ4n) is 5.88. The van der Waals surface area contributed by atoms with Gasteiger partial charge in [0, 0.05) is 6.42 Å². The Hall–Kier alpha value is -0.810. The van der Waals surface area contributed by atoms with Gasteiger partial charge < -0.3 is 14.6 Å². The van der Waals surface area contributed by atoms with Crippen LogP contribution in [0.1, 0.15) is 213 Å². The molecule has 0 aliphatic carbocycles. The van der Waals surface area contributed by atoms with Gasteiger partial charge in [0.1, 0.15) is 0 Å². The summed E-state index contributed by atoms with van der Waals surface area (Å²) in [5, 5.41) is 12.0. The summed E-state index contributed by atoms with van der Waals surface area (Å²) < 4.78 is 12.2. The monoisotopic (exact) mass is 598 g/mol. The van der Waals surface area contributed by atoms with Crippen LogP contribution in [0.2, 0.25) is 0 Å². The maximum Gasteiger partial charge on any atom is 0.408 e. The highest BCUT2D eigenvalue weighted by molar-refractivity contribution is 5.65. The number of nitrogens with one attached hydrogen (secondary N) is 1. The maximum absolute atomic E-state index is 11.5. The summed E-state index contributed by atoms with van der Waals surface area (Å²) in [6.45, 7) is 7.68. The van der Waals surface area contributed by atoms with E-state index in [1.807, 2.05) is 6.92 Å². The van der Waals surface area contributed by atoms with Crippen molar-refractivity contribution in [3.63, 3.8) is 0 Å². The van der Waals surface area contributed by atoms with E-state index in [4.69, 9.17) is 9.47 Å². The topological polar surface area (TPSA) is 67.8 Å². The summed E-state index contributed by atoms with van der Waals surface area (Å²) >= 11 is 0. The third kappa shape index (κ3) is 29.3. The lowest BCUT2D eigenvalue weighted by Crippen LogP contribution is -2.52. The van der Waals surface area contributed by atoms with Crippen LogP contribution in [0.3, 0.4) is 0 Å². The van der Waals surface area contributed by atoms with Crippen LogP contribution in [0, 0.1) is 0 Å². The van der Waals surface area contributed by atoms with Crippen molar-refractivity contribution in [1.82, 2.24) is 5.32 Å². The SMILES string of the molecule is CCCCCCCCCCCCCCCCOC(CCC)(NC(=O)O)OCCCCCCCCCCCCCCCC. The third-order valence-corrected chi connectivity index (χ3v) is 8.54. The Morgan fingerprint density at radius 2 is 0.714 bits per heavy atom. The molecule has 0 bridgehead atoms. The van der Waals surface area contributed by atoms with Crippen molar-refractivity contribution in [2.75, 3.05) is 13.2 Å². The van der Waals surface area contributed by atoms with Crippen molar-refractivity contribution in [2.45, 2.75) is 219 Å². The highest BCUT2D eigenvalue weighted by Gasteiger charge is 2.33. The van der Waals surface area contributed by atoms with E-state index in [0.29, 0.717) is 19.6 Å². The second-order valence-electron chi connectivity index (χ2n) is 12.8. The normalized spacial score (nSPS) is 11.8. The van der Waals surface area contributed by atoms with E-state index in [1.165, 1.54) is 154 Å². The average molecular weight is 598 g/mol. The number of carboxylic acid groups (broad SMARTS) is 1. The number of carbonyl (C=O) groups is 1. The highest BCUT2D eigenvalue weighted by Crippen LogP contribution is 2.20. The molecule has 0 aromatic heterocycles. The molecule has 0 fully saturated rings. The first-order chi connectivity index (χ1) is 20.6. The maximum atomic E-state index is 11.5. The van der Waals surface area contributed by atoms with Crippen LogP contribution in [0.15, 0.2) is 0 Å². The molecule has 0 spiro atoms. The molecule has 0 rings (SSSR count). The Labute approximate surface area is 263 Å². The summed E-state index contributed by atoms with van der Waals surface area (Å²) in [5.41, 5.74) is 0. The molecule has 0 aliphatic rings. The van der Waals surface area contributed by atoms with Crippen LogP contribution >= 0.6 is 0 Å². The molecule has 2 N–H and O–H groups in total. The fraction of sp³-hybridized carbons (Fsp3) is 0.973. The molecule has 0 unspecified atom stereocenters. The van der Waals surface area contributed by atoms with Gasteiger partial charge in [0.15, 0.2) is 0 Å². The Morgan fingerprint density at radius 3 is 0.952 bits per heavy atom. The minimum Gasteiger partial charge on any atom is -0.465 e. The van der Waals surface area contributed by atoms with Gasteiger partial charge in [0.05, 0.1) is 13.2 Å². The molecule has 0 aliphatic heterocycles. The molecule has 0 atom stereocenters. The number of hydrogen-bond donors (Lipinski definition) is 2. The van der Waals surface area contributed by atoms with Gasteiger partial charge in [-0.05, 0) is 19.3 Å². The van der Waals surface area contributed by atoms with Gasteiger partial charge in [0.25, 0.3) is 5.91 Å². The summed E-state index contributed by atoms with van der Waals surface area (Å²) in [6.07, 6.45) is 37.2. The Balaban J connectivity index is 3.87. The number of amides is 1. The molecule has 1 amide bonds. The lowest BCUT2D eigenvalue weighted by atomic mass is 10.0. The second kappa shape index (κ2) is 33.1. The smallest absolute Gasteiger partial charge is 0.408 e. The Bertz CT molecular complexity index is 508. The molecule has 0 saturated carbocycles. The van der Waals surface area contributed by atoms with Gasteiger partial charge in [0.2, 0.25) is 0 Å². The van der Waals surface area contributed by atoms with Crippen LogP contribution in [-0.4, -0.2) is 30.3 Å². The minimum atomic E-state index is -1.20. The van der Waals surface area contributed by atoms with Crippen LogP contribution in [0.25, 0.3) is 0 Å². The van der Waals surface area contributed by atoms with Gasteiger partial charge in [-0.2, -0.15) is 0 Å². The first-order valence-corrected chi connectivity index (χ1v) is 18.9. The largest absolute Gasteiger partial charge is 0.465 e. The van der Waals surface area contributed by atoms with Crippen LogP contribution in [0.5, 0.6) is 0 Å². The molecule has 0 aromatic carbocycles. The van der Waals surface area contributed by atoms with E-state index in [-0.39, 0.29) is 0 Å². The standard InChI is InChI=1S/C37H75NO4/c1-4-7-9-11-13-15-17-19-21-23-25-27-29-31-34-41-37(33-6-3,38-36(39)40)42-35-32-30-28-26-24-22-20-18-16-14-12-10-8-5-2/h38H,4-35H2,1-3H3,(H,39,40). The van der Waals surface area contributed by atoms with Gasteiger partial charge >= 0.3 is 6.09 Å². The van der Waals surface area contributed by atoms with E-state index >= 15 is 0 Å². The molecule has 0 aromatic rings. The first kappa shape index (κ1) is 41.2. The van der Waals surface area contributed by atoms with Crippen molar-refractivity contribution < 1.29 is 19.4 Å². The second-order valence-corrected chi connectivity index (χ2v) is 12.8. The predicted octanol–water partition coefficient (Wildman–Crippen LogP) is 12.7. The van der Waals surface area contributed by atoms with Crippen LogP contribution in [-0.2, 0) is 9.47 Å². The van der Waals surface area contributed by atoms with E-state index < -0.39 is 12.0 Å². The molecule has 5 heteroatoms. The zero-order valence-electron chi connectivity index (χ0n) is 28.8. The molecule has 42 heavy (non-hydrogen) atoms. The number of rotatable bonds is 35. The van der Waals surface area contributed by atoms with Gasteiger partial charge in [-0.1, -0.05) is 188 Å². The minimum absolute atomic E-state index is 0.538. The van der Waals surface area contributed by atoms with Gasteiger partial charge in [-0.15, -0.1) is 0 Å². The van der Waals surface area contributed by atoms with Crippen LogP contribution < -0.4 is 5.32 Å². The summed E-state index contributed by atoms with van der Waals surface area (Å²) in [6, 6.07) is 0. The van der Waals surface area contributed by atoms with Crippen molar-refractivity contribution in [1.29, 1.82) is 0 Å². The molecule has 0 saturated heterocycles. The average Bonchev–Trinajstić information content (AvgIpc) is 2.97. The van der Waals surface area contributed by atoms with E-state index in [0.717, 1.165) is 32.1 Å². The molecule has 252 valence electrons. The Kier molecular flexibility index (Phi) is 32.5. The zero-order chi connectivity index (χ0) is 30.8. The van der Waals surface area contributed by atoms with Crippen molar-refractivity contribution >= 4 is 6.09 Å². The van der Waals surface area contributed by atoms with Crippen molar-refractivity contribution in [2.24, 2.45) is 0 Å². The lowest BCUT2D eigenvalue weighted by molar-refractivity contribution is -0.255. The molecule has 5 nitrogen and oxygen atoms in total. The number of hydrogen-bond acceptors (Lipinski definition) is 3. The first-order valence-electron chi connectivity index (χ1n) is 18.9. The van der Waals surface area contributed by atoms with E-state index in [9.17, 15) is 9.90 Å². The third-order valence-electron chi connectivity index (χ3n) is 8.54. The highest BCUT2D eigenvalue weighted by atomic mass is 16.7. The van der Waals surface area contributed by atoms with Crippen molar-refractivity contribution in [3.05, 3.63) is 0 Å². The summed E-state index contributed by atoms with van der Waals surface area (Å²) in [7, 11) is 0. The molecule has 0 radical (unpaired) electrons. The number of ether oxygens (including phenoxy) is 2. The molecular formula is C37H75NO4. The molecular weight excluding hydrogens is 522 g/mol. The zero-order valence-corrected chi connectivity index (χ0v) is 28.8. The van der Waals surface area contributed by atoms with Gasteiger partial charge in [-0.3, -0.25) is 5.32 Å². The lowest BCUT2D eigenvalue weighted by Gasteiger charge is -2.33. The van der Waals surface area contributed by atoms with Gasteiger partial charge in [-0.25, -0.2) is 4.79 Å². The van der Waals surface area contributed by atoms with Crippen LogP contribution in [0.4, 0.5) is 4.79 Å². The summed E-state index contributed by atoms with van der Waals surface area (Å²) in [5.74, 6) is -1.20. The van der Waals surface area contributed by atoms with Crippen molar-refractivity contribution in [3.8, 4) is 0 Å². The van der Waals surface area contributed by atoms with E-state index in [1.54, 1.807) is 0 Å². The predicted molar refractivity (Wildman–Crippen MR) is 181 cm³/mol. The van der Waals surface area contributed by atoms with E-state index in [2.05, 4.69) is 19.2 Å². The summed E-state index contributed by atoms with van der Waals surface area (Å²) in [4.78, 5) is 11.5. The fourth-order valence-corrected chi connectivity index (χ4v) is 5.88. The Morgan fingerprint density at radius 1 is 0.452 bits per heavy atom. The molecule has 0 heterocycles. The number of unbranched alkanes of at least 4 members (excludes halogenated alkanes) is 26.